The average molecular weight is 262 g/mol. The summed E-state index contributed by atoms with van der Waals surface area (Å²) in [6, 6.07) is 10.3. The van der Waals surface area contributed by atoms with E-state index in [1.807, 2.05) is 25.2 Å². The number of likely N-dealkylation sites (N-methyl/N-ethyl adjacent to an activating group) is 1. The van der Waals surface area contributed by atoms with Gasteiger partial charge in [-0.15, -0.1) is 0 Å². The Labute approximate surface area is 116 Å². The van der Waals surface area contributed by atoms with Crippen LogP contribution in [0.2, 0.25) is 0 Å². The molecule has 3 nitrogen and oxygen atoms in total. The lowest BCUT2D eigenvalue weighted by Gasteiger charge is -2.36. The van der Waals surface area contributed by atoms with Crippen LogP contribution >= 0.6 is 0 Å². The summed E-state index contributed by atoms with van der Waals surface area (Å²) in [5.41, 5.74) is 0.823. The summed E-state index contributed by atoms with van der Waals surface area (Å²) in [5.74, 6) is 0.823. The summed E-state index contributed by atoms with van der Waals surface area (Å²) in [7, 11) is 1.94. The standard InChI is InChI=1S/C16H26N2O/c1-3-14-9-10-18(11-14)12-16(13-19,17-2)15-7-5-4-6-8-15/h4-8,14,17,19H,3,9-13H2,1-2H3. The van der Waals surface area contributed by atoms with E-state index >= 15 is 0 Å². The molecule has 1 saturated heterocycles. The first kappa shape index (κ1) is 14.5. The molecular formula is C16H26N2O. The highest BCUT2D eigenvalue weighted by Gasteiger charge is 2.34. The largest absolute Gasteiger partial charge is 0.394 e. The molecule has 3 heteroatoms. The third-order valence-corrected chi connectivity index (χ3v) is 4.52. The van der Waals surface area contributed by atoms with Crippen molar-refractivity contribution in [3.63, 3.8) is 0 Å². The smallest absolute Gasteiger partial charge is 0.0795 e. The molecule has 2 atom stereocenters. The van der Waals surface area contributed by atoms with Crippen LogP contribution in [0.1, 0.15) is 25.3 Å². The molecule has 0 amide bonds. The van der Waals surface area contributed by atoms with Crippen molar-refractivity contribution < 1.29 is 5.11 Å². The van der Waals surface area contributed by atoms with Gasteiger partial charge in [-0.05, 0) is 31.5 Å². The van der Waals surface area contributed by atoms with Crippen molar-refractivity contribution in [2.24, 2.45) is 5.92 Å². The Kier molecular flexibility index (Phi) is 4.97. The minimum Gasteiger partial charge on any atom is -0.394 e. The number of rotatable bonds is 6. The van der Waals surface area contributed by atoms with E-state index in [1.54, 1.807) is 0 Å². The van der Waals surface area contributed by atoms with Gasteiger partial charge in [0.05, 0.1) is 12.1 Å². The van der Waals surface area contributed by atoms with Gasteiger partial charge in [-0.3, -0.25) is 0 Å². The molecule has 0 aliphatic carbocycles. The zero-order chi connectivity index (χ0) is 13.7. The van der Waals surface area contributed by atoms with Crippen LogP contribution in [0.5, 0.6) is 0 Å². The molecule has 1 aliphatic heterocycles. The first-order chi connectivity index (χ1) is 9.24. The fourth-order valence-corrected chi connectivity index (χ4v) is 3.06. The summed E-state index contributed by atoms with van der Waals surface area (Å²) < 4.78 is 0. The van der Waals surface area contributed by atoms with E-state index in [4.69, 9.17) is 0 Å². The lowest BCUT2D eigenvalue weighted by molar-refractivity contribution is 0.122. The molecule has 2 N–H and O–H groups in total. The highest BCUT2D eigenvalue weighted by Crippen LogP contribution is 2.26. The number of nitrogens with one attached hydrogen (secondary N) is 1. The predicted molar refractivity (Wildman–Crippen MR) is 79.1 cm³/mol. The fourth-order valence-electron chi connectivity index (χ4n) is 3.06. The molecule has 1 aliphatic rings. The second-order valence-corrected chi connectivity index (χ2v) is 5.65. The normalized spacial score (nSPS) is 23.4. The SMILES string of the molecule is CCC1CCN(CC(CO)(NC)c2ccccc2)C1. The van der Waals surface area contributed by atoms with E-state index in [0.717, 1.165) is 25.6 Å². The van der Waals surface area contributed by atoms with Gasteiger partial charge in [0.2, 0.25) is 0 Å². The molecule has 1 heterocycles. The third-order valence-electron chi connectivity index (χ3n) is 4.52. The molecule has 1 aromatic rings. The lowest BCUT2D eigenvalue weighted by atomic mass is 9.90. The van der Waals surface area contributed by atoms with Crippen LogP contribution in [-0.2, 0) is 5.54 Å². The molecular weight excluding hydrogens is 236 g/mol. The summed E-state index contributed by atoms with van der Waals surface area (Å²) in [5, 5.41) is 13.3. The van der Waals surface area contributed by atoms with Gasteiger partial charge in [0.15, 0.2) is 0 Å². The molecule has 0 bridgehead atoms. The molecule has 0 radical (unpaired) electrons. The van der Waals surface area contributed by atoms with Crippen molar-refractivity contribution in [3.8, 4) is 0 Å². The van der Waals surface area contributed by atoms with Gasteiger partial charge >= 0.3 is 0 Å². The first-order valence-corrected chi connectivity index (χ1v) is 7.31. The number of nitrogens with zero attached hydrogens (tertiary/aromatic N) is 1. The van der Waals surface area contributed by atoms with Crippen molar-refractivity contribution in [1.29, 1.82) is 0 Å². The van der Waals surface area contributed by atoms with Crippen molar-refractivity contribution in [1.82, 2.24) is 10.2 Å². The fraction of sp³-hybridized carbons (Fsp3) is 0.625. The zero-order valence-electron chi connectivity index (χ0n) is 12.1. The summed E-state index contributed by atoms with van der Waals surface area (Å²) in [6.07, 6.45) is 2.55. The Morgan fingerprint density at radius 2 is 2.11 bits per heavy atom. The van der Waals surface area contributed by atoms with Gasteiger partial charge in [0, 0.05) is 13.1 Å². The van der Waals surface area contributed by atoms with Crippen LogP contribution in [0.3, 0.4) is 0 Å². The Morgan fingerprint density at radius 1 is 1.37 bits per heavy atom. The minimum atomic E-state index is -0.343. The third kappa shape index (κ3) is 3.16. The first-order valence-electron chi connectivity index (χ1n) is 7.31. The topological polar surface area (TPSA) is 35.5 Å². The zero-order valence-corrected chi connectivity index (χ0v) is 12.1. The van der Waals surface area contributed by atoms with Gasteiger partial charge in [-0.1, -0.05) is 43.7 Å². The summed E-state index contributed by atoms with van der Waals surface area (Å²) >= 11 is 0. The number of aliphatic hydroxyl groups is 1. The molecule has 0 aromatic heterocycles. The molecule has 0 saturated carbocycles. The number of hydrogen-bond acceptors (Lipinski definition) is 3. The maximum atomic E-state index is 9.92. The molecule has 2 rings (SSSR count). The van der Waals surface area contributed by atoms with Crippen molar-refractivity contribution in [3.05, 3.63) is 35.9 Å². The van der Waals surface area contributed by atoms with Crippen LogP contribution in [0.25, 0.3) is 0 Å². The highest BCUT2D eigenvalue weighted by atomic mass is 16.3. The molecule has 1 aromatic carbocycles. The molecule has 2 unspecified atom stereocenters. The highest BCUT2D eigenvalue weighted by molar-refractivity contribution is 5.25. The summed E-state index contributed by atoms with van der Waals surface area (Å²) in [4.78, 5) is 2.48. The second-order valence-electron chi connectivity index (χ2n) is 5.65. The number of hydrogen-bond donors (Lipinski definition) is 2. The quantitative estimate of drug-likeness (QED) is 0.821. The Balaban J connectivity index is 2.12. The predicted octanol–water partition coefficient (Wildman–Crippen LogP) is 1.83. The van der Waals surface area contributed by atoms with Gasteiger partial charge < -0.3 is 15.3 Å². The van der Waals surface area contributed by atoms with Gasteiger partial charge in [0.25, 0.3) is 0 Å². The van der Waals surface area contributed by atoms with E-state index in [0.29, 0.717) is 0 Å². The van der Waals surface area contributed by atoms with Crippen LogP contribution in [0, 0.1) is 5.92 Å². The van der Waals surface area contributed by atoms with E-state index in [9.17, 15) is 5.11 Å². The number of benzene rings is 1. The molecule has 19 heavy (non-hydrogen) atoms. The molecule has 0 spiro atoms. The Bertz CT molecular complexity index is 376. The van der Waals surface area contributed by atoms with Crippen LogP contribution < -0.4 is 5.32 Å². The lowest BCUT2D eigenvalue weighted by Crippen LogP contribution is -2.51. The van der Waals surface area contributed by atoms with Crippen molar-refractivity contribution in [2.75, 3.05) is 33.3 Å². The summed E-state index contributed by atoms with van der Waals surface area (Å²) in [6.45, 7) is 5.57. The van der Waals surface area contributed by atoms with E-state index in [2.05, 4.69) is 29.3 Å². The second kappa shape index (κ2) is 6.51. The van der Waals surface area contributed by atoms with Crippen molar-refractivity contribution in [2.45, 2.75) is 25.3 Å². The van der Waals surface area contributed by atoms with Crippen molar-refractivity contribution >= 4 is 0 Å². The van der Waals surface area contributed by atoms with Crippen LogP contribution in [0.4, 0.5) is 0 Å². The van der Waals surface area contributed by atoms with Gasteiger partial charge in [-0.2, -0.15) is 0 Å². The van der Waals surface area contributed by atoms with E-state index in [-0.39, 0.29) is 12.1 Å². The molecule has 106 valence electrons. The maximum Gasteiger partial charge on any atom is 0.0795 e. The Hall–Kier alpha value is -0.900. The number of aliphatic hydroxyl groups excluding tert-OH is 1. The number of likely N-dealkylation sites (tertiary alicyclic amines) is 1. The van der Waals surface area contributed by atoms with E-state index < -0.39 is 0 Å². The average Bonchev–Trinajstić information content (AvgIpc) is 2.93. The van der Waals surface area contributed by atoms with Gasteiger partial charge in [0.1, 0.15) is 0 Å². The maximum absolute atomic E-state index is 9.92. The molecule has 1 fully saturated rings. The van der Waals surface area contributed by atoms with Crippen LogP contribution in [-0.4, -0.2) is 43.3 Å². The Morgan fingerprint density at radius 3 is 2.63 bits per heavy atom. The van der Waals surface area contributed by atoms with Crippen LogP contribution in [0.15, 0.2) is 30.3 Å². The monoisotopic (exact) mass is 262 g/mol. The van der Waals surface area contributed by atoms with Gasteiger partial charge in [-0.25, -0.2) is 0 Å². The van der Waals surface area contributed by atoms with E-state index in [1.165, 1.54) is 18.4 Å². The minimum absolute atomic E-state index is 0.126.